The van der Waals surface area contributed by atoms with Gasteiger partial charge in [0.2, 0.25) is 5.43 Å². The Kier molecular flexibility index (Phi) is 23.3. The summed E-state index contributed by atoms with van der Waals surface area (Å²) in [4.78, 5) is 60.7. The molecule has 1 aliphatic carbocycles. The number of anilines is 1. The van der Waals surface area contributed by atoms with Crippen LogP contribution in [-0.2, 0) is 42.7 Å². The highest BCUT2D eigenvalue weighted by Crippen LogP contribution is 2.42. The van der Waals surface area contributed by atoms with Crippen molar-refractivity contribution in [2.45, 2.75) is 211 Å². The Morgan fingerprint density at radius 1 is 0.939 bits per heavy atom. The first kappa shape index (κ1) is 67.5. The van der Waals surface area contributed by atoms with Gasteiger partial charge in [-0.1, -0.05) is 32.4 Å². The maximum Gasteiger partial charge on any atom is 0.311 e. The van der Waals surface area contributed by atoms with E-state index in [4.69, 9.17) is 44.8 Å². The number of esters is 2. The van der Waals surface area contributed by atoms with Crippen molar-refractivity contribution in [1.82, 2.24) is 24.6 Å². The van der Waals surface area contributed by atoms with E-state index in [1.54, 1.807) is 66.8 Å². The molecule has 0 unspecified atom stereocenters. The number of likely N-dealkylation sites (N-methyl/N-ethyl adjacent to an activating group) is 3. The maximum absolute atomic E-state index is 14.6. The summed E-state index contributed by atoms with van der Waals surface area (Å²) in [6.07, 6.45) is -5.81. The van der Waals surface area contributed by atoms with Crippen LogP contribution in [0.2, 0.25) is 5.02 Å². The predicted octanol–water partition coefficient (Wildman–Crippen LogP) is 3.91. The summed E-state index contributed by atoms with van der Waals surface area (Å²) < 4.78 is 47.0. The molecule has 0 spiro atoms. The number of nitrogens with one attached hydrogen (secondary N) is 2. The van der Waals surface area contributed by atoms with Gasteiger partial charge in [-0.25, -0.2) is 0 Å². The monoisotopic (exact) mass is 1180 g/mol. The first-order chi connectivity index (χ1) is 38.4. The SMILES string of the molecule is CC[C@H]1OC(=O)[C@H](C)[C@@H](O[C@H]2C[C@@](C)(OC)[C@@H](OC(=O)CCN(C)CCNc3cc4c(=O)c(C(=O)NCCO)cn(C5CC5)c4cc3Cl)[C@H](C)O2)[C@H](C)[C@@H](O[C@@H]2O[C@H](C)C[C@H](N(C)C)[C@H]2O)[C@](C)(O)C[C@@H](C)CN(C)[C@H](C)[C@@H](O)[C@]1(C)O. The van der Waals surface area contributed by atoms with Gasteiger partial charge in [-0.2, -0.15) is 0 Å². The number of nitrogens with zero attached hydrogens (tertiary/aromatic N) is 4. The summed E-state index contributed by atoms with van der Waals surface area (Å²) in [5.74, 6) is -3.97. The Hall–Kier alpha value is -3.59. The Balaban J connectivity index is 1.18. The number of amides is 1. The van der Waals surface area contributed by atoms with E-state index in [-0.39, 0.29) is 68.5 Å². The number of methoxy groups -OCH3 is 1. The van der Waals surface area contributed by atoms with Crippen LogP contribution in [0.15, 0.2) is 23.1 Å². The largest absolute Gasteiger partial charge is 0.459 e. The molecule has 6 rings (SSSR count). The molecule has 4 heterocycles. The van der Waals surface area contributed by atoms with Gasteiger partial charge in [-0.15, -0.1) is 0 Å². The number of benzene rings is 1. The zero-order valence-corrected chi connectivity index (χ0v) is 51.8. The lowest BCUT2D eigenvalue weighted by Crippen LogP contribution is -2.61. The number of cyclic esters (lactones) is 1. The Morgan fingerprint density at radius 2 is 1.62 bits per heavy atom. The van der Waals surface area contributed by atoms with Gasteiger partial charge < -0.3 is 88.6 Å². The number of aromatic nitrogens is 1. The van der Waals surface area contributed by atoms with Gasteiger partial charge in [-0.05, 0) is 127 Å². The third-order valence-electron chi connectivity index (χ3n) is 17.6. The second-order valence-electron chi connectivity index (χ2n) is 24.9. The van der Waals surface area contributed by atoms with Crippen molar-refractivity contribution in [2.75, 3.05) is 79.9 Å². The molecule has 4 aliphatic rings. The quantitative estimate of drug-likeness (QED) is 0.0983. The molecule has 23 heteroatoms. The molecule has 3 saturated heterocycles. The van der Waals surface area contributed by atoms with E-state index >= 15 is 0 Å². The van der Waals surface area contributed by atoms with Crippen LogP contribution >= 0.6 is 11.6 Å². The molecule has 1 aromatic heterocycles. The van der Waals surface area contributed by atoms with Crippen molar-refractivity contribution >= 4 is 46.0 Å². The molecule has 0 radical (unpaired) electrons. The molecule has 2 aromatic rings. The second-order valence-corrected chi connectivity index (χ2v) is 25.4. The van der Waals surface area contributed by atoms with Gasteiger partial charge in [0.15, 0.2) is 18.7 Å². The van der Waals surface area contributed by atoms with Crippen molar-refractivity contribution in [3.63, 3.8) is 0 Å². The lowest BCUT2D eigenvalue weighted by Gasteiger charge is -2.49. The highest BCUT2D eigenvalue weighted by atomic mass is 35.5. The number of carbonyl (C=O) groups is 3. The molecule has 3 aliphatic heterocycles. The second kappa shape index (κ2) is 28.3. The number of halogens is 1. The lowest BCUT2D eigenvalue weighted by atomic mass is 9.77. The fourth-order valence-electron chi connectivity index (χ4n) is 12.5. The molecule has 4 fully saturated rings. The van der Waals surface area contributed by atoms with Crippen molar-refractivity contribution in [3.8, 4) is 0 Å². The summed E-state index contributed by atoms with van der Waals surface area (Å²) in [5.41, 5.74) is -4.00. The molecule has 1 aromatic carbocycles. The van der Waals surface area contributed by atoms with Crippen LogP contribution in [-0.4, -0.2) is 228 Å². The van der Waals surface area contributed by atoms with E-state index in [0.717, 1.165) is 12.8 Å². The van der Waals surface area contributed by atoms with Crippen LogP contribution < -0.4 is 16.1 Å². The zero-order chi connectivity index (χ0) is 60.9. The fraction of sp³-hybridized carbons (Fsp3) is 0.797. The molecule has 1 amide bonds. The molecular formula is C59H97ClN6O16. The Bertz CT molecular complexity index is 2530. The molecule has 1 saturated carbocycles. The van der Waals surface area contributed by atoms with E-state index < -0.39 is 113 Å². The Morgan fingerprint density at radius 3 is 2.24 bits per heavy atom. The minimum absolute atomic E-state index is 0.0122. The number of pyridine rings is 1. The van der Waals surface area contributed by atoms with Crippen LogP contribution in [0.4, 0.5) is 5.69 Å². The average molecular weight is 1180 g/mol. The summed E-state index contributed by atoms with van der Waals surface area (Å²) in [6.45, 7) is 18.9. The van der Waals surface area contributed by atoms with Gasteiger partial charge in [0.05, 0.1) is 65.2 Å². The molecule has 466 valence electrons. The van der Waals surface area contributed by atoms with Gasteiger partial charge in [0.1, 0.15) is 35.1 Å². The van der Waals surface area contributed by atoms with E-state index in [2.05, 4.69) is 10.6 Å². The number of carbonyl (C=O) groups excluding carboxylic acids is 3. The van der Waals surface area contributed by atoms with Crippen LogP contribution in [0.3, 0.4) is 0 Å². The van der Waals surface area contributed by atoms with Gasteiger partial charge in [0.25, 0.3) is 5.91 Å². The number of hydrogen-bond acceptors (Lipinski definition) is 20. The molecule has 7 N–H and O–H groups in total. The predicted molar refractivity (Wildman–Crippen MR) is 310 cm³/mol. The lowest BCUT2D eigenvalue weighted by molar-refractivity contribution is -0.318. The standard InChI is InChI=1S/C59H97ClN6O16/c1-16-45-59(10,75)51(71)36(6)65(14)30-32(2)28-57(8,74)52(82-56-49(70)44(63(11)12)25-33(3)77-56)34(4)50(35(5)55(73)79-45)81-47-29-58(9,76-15)53(37(7)78-47)80-46(68)19-22-64(13)23-20-61-42-26-39-43(27-41(42)60)66(38-17-18-38)31-40(48(39)69)54(72)62-21-24-67/h26-27,31-38,44-45,47,49-53,56,61,67,70-71,74-75H,16-25,28-30H2,1-15H3,(H,62,72)/t32-,33-,34+,35-,36-,37+,44+,45-,47+,49-,50+,51-,52-,53+,56+,57-,58-,59-/m1/s1. The number of hydrogen-bond donors (Lipinski definition) is 7. The van der Waals surface area contributed by atoms with Gasteiger partial charge in [-0.3, -0.25) is 19.2 Å². The number of ether oxygens (including phenoxy) is 7. The van der Waals surface area contributed by atoms with Crippen LogP contribution in [0.5, 0.6) is 0 Å². The highest BCUT2D eigenvalue weighted by Gasteiger charge is 2.54. The molecule has 18 atom stereocenters. The summed E-state index contributed by atoms with van der Waals surface area (Å²) in [5, 5.41) is 64.1. The maximum atomic E-state index is 14.6. The van der Waals surface area contributed by atoms with Crippen molar-refractivity contribution in [2.24, 2.45) is 17.8 Å². The number of aliphatic hydroxyl groups excluding tert-OH is 3. The van der Waals surface area contributed by atoms with Gasteiger partial charge in [0, 0.05) is 81.9 Å². The topological polar surface area (TPSA) is 273 Å². The minimum atomic E-state index is -1.87. The van der Waals surface area contributed by atoms with E-state index in [9.17, 15) is 44.7 Å². The number of fused-ring (bicyclic) bond motifs is 1. The summed E-state index contributed by atoms with van der Waals surface area (Å²) >= 11 is 6.76. The van der Waals surface area contributed by atoms with E-state index in [0.29, 0.717) is 54.2 Å². The molecule has 22 nitrogen and oxygen atoms in total. The first-order valence-corrected chi connectivity index (χ1v) is 29.7. The molecule has 0 bridgehead atoms. The highest BCUT2D eigenvalue weighted by molar-refractivity contribution is 6.34. The van der Waals surface area contributed by atoms with E-state index in [1.807, 2.05) is 61.3 Å². The smallest absolute Gasteiger partial charge is 0.311 e. The van der Waals surface area contributed by atoms with E-state index in [1.165, 1.54) is 14.0 Å². The molecular weight excluding hydrogens is 1080 g/mol. The van der Waals surface area contributed by atoms with Crippen molar-refractivity contribution < 1.29 is 73.1 Å². The van der Waals surface area contributed by atoms with Crippen molar-refractivity contribution in [3.05, 3.63) is 39.1 Å². The number of aliphatic hydroxyl groups is 5. The third-order valence-corrected chi connectivity index (χ3v) is 17.9. The normalized spacial score (nSPS) is 36.6. The summed E-state index contributed by atoms with van der Waals surface area (Å²) in [6, 6.07) is 2.61. The van der Waals surface area contributed by atoms with Crippen LogP contribution in [0.25, 0.3) is 10.9 Å². The number of rotatable bonds is 19. The fourth-order valence-corrected chi connectivity index (χ4v) is 12.7. The van der Waals surface area contributed by atoms with Crippen molar-refractivity contribution in [1.29, 1.82) is 0 Å². The zero-order valence-electron chi connectivity index (χ0n) is 51.1. The van der Waals surface area contributed by atoms with Gasteiger partial charge >= 0.3 is 11.9 Å². The third kappa shape index (κ3) is 15.9. The molecule has 82 heavy (non-hydrogen) atoms. The van der Waals surface area contributed by atoms with Crippen LogP contribution in [0.1, 0.15) is 131 Å². The van der Waals surface area contributed by atoms with Crippen LogP contribution in [0, 0.1) is 17.8 Å². The summed E-state index contributed by atoms with van der Waals surface area (Å²) in [7, 11) is 8.93. The minimum Gasteiger partial charge on any atom is -0.459 e. The average Bonchev–Trinajstić information content (AvgIpc) is 2.73. The first-order valence-electron chi connectivity index (χ1n) is 29.3. The Labute approximate surface area is 489 Å².